The quantitative estimate of drug-likeness (QED) is 0.873. The van der Waals surface area contributed by atoms with Gasteiger partial charge in [-0.3, -0.25) is 4.79 Å². The number of rotatable bonds is 5. The smallest absolute Gasteiger partial charge is 0.303 e. The Bertz CT molecular complexity index is 549. The van der Waals surface area contributed by atoms with E-state index in [1.54, 1.807) is 0 Å². The lowest BCUT2D eigenvalue weighted by molar-refractivity contribution is -0.137. The van der Waals surface area contributed by atoms with Gasteiger partial charge in [-0.1, -0.05) is 29.4 Å². The molecule has 0 atom stereocenters. The molecule has 0 amide bonds. The Kier molecular flexibility index (Phi) is 3.72. The molecule has 1 heterocycles. The summed E-state index contributed by atoms with van der Waals surface area (Å²) in [5.74, 6) is 0.0966. The predicted molar refractivity (Wildman–Crippen MR) is 64.2 cm³/mol. The highest BCUT2D eigenvalue weighted by Gasteiger charge is 2.09. The molecule has 0 aliphatic rings. The fraction of sp³-hybridized carbons (Fsp3) is 0.308. The maximum absolute atomic E-state index is 10.4. The molecule has 0 aliphatic heterocycles. The molecule has 0 bridgehead atoms. The van der Waals surface area contributed by atoms with E-state index in [9.17, 15) is 4.79 Å². The maximum Gasteiger partial charge on any atom is 0.303 e. The number of nitrogens with zero attached hydrogens (tertiary/aromatic N) is 2. The molecule has 5 nitrogen and oxygen atoms in total. The fourth-order valence-electron chi connectivity index (χ4n) is 1.66. The number of hydrogen-bond donors (Lipinski definition) is 1. The van der Waals surface area contributed by atoms with E-state index in [1.165, 1.54) is 5.56 Å². The van der Waals surface area contributed by atoms with Gasteiger partial charge in [-0.2, -0.15) is 4.98 Å². The Morgan fingerprint density at radius 3 is 2.89 bits per heavy atom. The van der Waals surface area contributed by atoms with E-state index in [2.05, 4.69) is 10.1 Å². The zero-order chi connectivity index (χ0) is 13.0. The van der Waals surface area contributed by atoms with Gasteiger partial charge in [0.2, 0.25) is 5.89 Å². The fourth-order valence-corrected chi connectivity index (χ4v) is 1.66. The van der Waals surface area contributed by atoms with Gasteiger partial charge in [-0.05, 0) is 18.1 Å². The summed E-state index contributed by atoms with van der Waals surface area (Å²) in [7, 11) is 0. The highest BCUT2D eigenvalue weighted by molar-refractivity contribution is 5.66. The standard InChI is InChI=1S/C13H14N2O3/c1-9-4-2-3-5-10(9)8-11-14-12(18-15-11)6-7-13(16)17/h2-5H,6-8H2,1H3,(H,16,17). The van der Waals surface area contributed by atoms with Crippen LogP contribution in [0.4, 0.5) is 0 Å². The third kappa shape index (κ3) is 3.16. The summed E-state index contributed by atoms with van der Waals surface area (Å²) in [6.45, 7) is 2.03. The molecule has 94 valence electrons. The van der Waals surface area contributed by atoms with Crippen molar-refractivity contribution >= 4 is 5.97 Å². The van der Waals surface area contributed by atoms with Crippen molar-refractivity contribution in [3.8, 4) is 0 Å². The van der Waals surface area contributed by atoms with Crippen molar-refractivity contribution in [2.45, 2.75) is 26.2 Å². The third-order valence-corrected chi connectivity index (χ3v) is 2.67. The van der Waals surface area contributed by atoms with Gasteiger partial charge in [0.1, 0.15) is 0 Å². The van der Waals surface area contributed by atoms with E-state index in [0.29, 0.717) is 18.1 Å². The second-order valence-electron chi connectivity index (χ2n) is 4.10. The molecule has 0 saturated heterocycles. The Morgan fingerprint density at radius 2 is 2.17 bits per heavy atom. The Morgan fingerprint density at radius 1 is 1.39 bits per heavy atom. The van der Waals surface area contributed by atoms with Crippen LogP contribution in [0.2, 0.25) is 0 Å². The van der Waals surface area contributed by atoms with Crippen LogP contribution in [0, 0.1) is 6.92 Å². The van der Waals surface area contributed by atoms with E-state index in [0.717, 1.165) is 5.56 Å². The normalized spacial score (nSPS) is 10.5. The van der Waals surface area contributed by atoms with Gasteiger partial charge >= 0.3 is 5.97 Å². The molecule has 0 aliphatic carbocycles. The summed E-state index contributed by atoms with van der Waals surface area (Å²) in [5.41, 5.74) is 2.32. The molecule has 0 saturated carbocycles. The second-order valence-corrected chi connectivity index (χ2v) is 4.10. The van der Waals surface area contributed by atoms with Gasteiger partial charge in [-0.25, -0.2) is 0 Å². The molecule has 0 spiro atoms. The number of carboxylic acids is 1. The molecule has 1 N–H and O–H groups in total. The van der Waals surface area contributed by atoms with Crippen LogP contribution in [0.15, 0.2) is 28.8 Å². The minimum atomic E-state index is -0.867. The van der Waals surface area contributed by atoms with Crippen molar-refractivity contribution in [1.82, 2.24) is 10.1 Å². The van der Waals surface area contributed by atoms with Gasteiger partial charge in [0.25, 0.3) is 0 Å². The van der Waals surface area contributed by atoms with Crippen molar-refractivity contribution in [2.24, 2.45) is 0 Å². The lowest BCUT2D eigenvalue weighted by atomic mass is 10.1. The van der Waals surface area contributed by atoms with E-state index in [1.807, 2.05) is 31.2 Å². The Balaban J connectivity index is 2.02. The zero-order valence-electron chi connectivity index (χ0n) is 10.1. The van der Waals surface area contributed by atoms with E-state index >= 15 is 0 Å². The van der Waals surface area contributed by atoms with Crippen molar-refractivity contribution in [3.63, 3.8) is 0 Å². The molecule has 5 heteroatoms. The Labute approximate surface area is 104 Å². The lowest BCUT2D eigenvalue weighted by Crippen LogP contribution is -1.98. The van der Waals surface area contributed by atoms with E-state index < -0.39 is 5.97 Å². The summed E-state index contributed by atoms with van der Waals surface area (Å²) in [6.07, 6.45) is 0.880. The molecule has 0 fully saturated rings. The summed E-state index contributed by atoms with van der Waals surface area (Å²) in [6, 6.07) is 7.99. The molecule has 1 aromatic heterocycles. The first-order valence-corrected chi connectivity index (χ1v) is 5.73. The molecule has 2 rings (SSSR count). The van der Waals surface area contributed by atoms with Gasteiger partial charge in [0.15, 0.2) is 5.82 Å². The van der Waals surface area contributed by atoms with E-state index in [-0.39, 0.29) is 12.8 Å². The lowest BCUT2D eigenvalue weighted by Gasteiger charge is -2.00. The largest absolute Gasteiger partial charge is 0.481 e. The number of carbonyl (C=O) groups is 1. The van der Waals surface area contributed by atoms with Crippen LogP contribution < -0.4 is 0 Å². The Hall–Kier alpha value is -2.17. The average molecular weight is 246 g/mol. The molecule has 2 aromatic rings. The number of carboxylic acid groups (broad SMARTS) is 1. The van der Waals surface area contributed by atoms with Gasteiger partial charge in [-0.15, -0.1) is 0 Å². The monoisotopic (exact) mass is 246 g/mol. The van der Waals surface area contributed by atoms with Crippen molar-refractivity contribution in [2.75, 3.05) is 0 Å². The van der Waals surface area contributed by atoms with Crippen LogP contribution in [0.5, 0.6) is 0 Å². The summed E-state index contributed by atoms with van der Waals surface area (Å²) < 4.78 is 5.00. The van der Waals surface area contributed by atoms with Crippen LogP contribution in [0.3, 0.4) is 0 Å². The van der Waals surface area contributed by atoms with Crippen LogP contribution in [0.25, 0.3) is 0 Å². The van der Waals surface area contributed by atoms with Crippen LogP contribution >= 0.6 is 0 Å². The first kappa shape index (κ1) is 12.3. The number of benzene rings is 1. The minimum Gasteiger partial charge on any atom is -0.481 e. The molecule has 0 unspecified atom stereocenters. The second kappa shape index (κ2) is 5.44. The summed E-state index contributed by atoms with van der Waals surface area (Å²) in [5, 5.41) is 12.4. The third-order valence-electron chi connectivity index (χ3n) is 2.67. The average Bonchev–Trinajstić information content (AvgIpc) is 2.77. The SMILES string of the molecule is Cc1ccccc1Cc1noc(CCC(=O)O)n1. The topological polar surface area (TPSA) is 76.2 Å². The number of aliphatic carboxylic acids is 1. The van der Waals surface area contributed by atoms with E-state index in [4.69, 9.17) is 9.63 Å². The zero-order valence-corrected chi connectivity index (χ0v) is 10.1. The first-order chi connectivity index (χ1) is 8.65. The van der Waals surface area contributed by atoms with Crippen LogP contribution in [0.1, 0.15) is 29.3 Å². The van der Waals surface area contributed by atoms with Crippen molar-refractivity contribution < 1.29 is 14.4 Å². The highest BCUT2D eigenvalue weighted by atomic mass is 16.5. The van der Waals surface area contributed by atoms with Crippen LogP contribution in [-0.4, -0.2) is 21.2 Å². The summed E-state index contributed by atoms with van der Waals surface area (Å²) >= 11 is 0. The van der Waals surface area contributed by atoms with Crippen LogP contribution in [-0.2, 0) is 17.6 Å². The first-order valence-electron chi connectivity index (χ1n) is 5.73. The van der Waals surface area contributed by atoms with Crippen molar-refractivity contribution in [3.05, 3.63) is 47.1 Å². The molecular formula is C13H14N2O3. The number of aryl methyl sites for hydroxylation is 2. The molecule has 1 aromatic carbocycles. The van der Waals surface area contributed by atoms with Gasteiger partial charge < -0.3 is 9.63 Å². The number of aromatic nitrogens is 2. The van der Waals surface area contributed by atoms with Crippen molar-refractivity contribution in [1.29, 1.82) is 0 Å². The minimum absolute atomic E-state index is 0.00595. The van der Waals surface area contributed by atoms with Gasteiger partial charge in [0, 0.05) is 12.8 Å². The molecular weight excluding hydrogens is 232 g/mol. The number of hydrogen-bond acceptors (Lipinski definition) is 4. The molecule has 0 radical (unpaired) electrons. The maximum atomic E-state index is 10.4. The van der Waals surface area contributed by atoms with Gasteiger partial charge in [0.05, 0.1) is 6.42 Å². The molecule has 18 heavy (non-hydrogen) atoms. The predicted octanol–water partition coefficient (Wildman–Crippen LogP) is 1.99. The highest BCUT2D eigenvalue weighted by Crippen LogP contribution is 2.12. The summed E-state index contributed by atoms with van der Waals surface area (Å²) in [4.78, 5) is 14.6.